The molecule has 32 heavy (non-hydrogen) atoms. The largest absolute Gasteiger partial charge is 0.504 e. The number of fused-ring (bicyclic) bond motifs is 1. The highest BCUT2D eigenvalue weighted by atomic mass is 16.5. The molecule has 0 saturated heterocycles. The van der Waals surface area contributed by atoms with E-state index in [1.807, 2.05) is 0 Å². The fraction of sp³-hybridized carbons (Fsp3) is 0.417. The zero-order chi connectivity index (χ0) is 23.4. The maximum absolute atomic E-state index is 13.2. The summed E-state index contributed by atoms with van der Waals surface area (Å²) in [5.41, 5.74) is 2.04. The summed E-state index contributed by atoms with van der Waals surface area (Å²) in [7, 11) is 2.87. The maximum Gasteiger partial charge on any atom is 0.310 e. The first-order valence-corrected chi connectivity index (χ1v) is 10.5. The van der Waals surface area contributed by atoms with E-state index in [0.29, 0.717) is 16.7 Å². The van der Waals surface area contributed by atoms with Gasteiger partial charge in [-0.2, -0.15) is 0 Å². The molecule has 0 saturated carbocycles. The average Bonchev–Trinajstić information content (AvgIpc) is 3.06. The van der Waals surface area contributed by atoms with E-state index in [-0.39, 0.29) is 42.6 Å². The Bertz CT molecular complexity index is 1000. The van der Waals surface area contributed by atoms with Crippen molar-refractivity contribution in [2.24, 2.45) is 5.92 Å². The second-order valence-corrected chi connectivity index (χ2v) is 7.46. The summed E-state index contributed by atoms with van der Waals surface area (Å²) in [6.07, 6.45) is -0.0377. The molecule has 0 aromatic heterocycles. The minimum Gasteiger partial charge on any atom is -0.504 e. The lowest BCUT2D eigenvalue weighted by atomic mass is 9.81. The second-order valence-electron chi connectivity index (χ2n) is 7.46. The number of hydrogen-bond donors (Lipinski definition) is 2. The van der Waals surface area contributed by atoms with Crippen molar-refractivity contribution in [1.29, 1.82) is 0 Å². The van der Waals surface area contributed by atoms with Crippen molar-refractivity contribution in [3.8, 4) is 23.0 Å². The molecule has 2 N–H and O–H groups in total. The SMILES string of the molecule is CCOC(=O)C[C@@H]1c2cc(OC)c(O)cc2[C@H](c2ccc(O)c(OC)c2)[C@@H]1C(=O)OCC. The number of carbonyl (C=O) groups is 2. The van der Waals surface area contributed by atoms with Crippen molar-refractivity contribution < 1.29 is 38.7 Å². The molecule has 8 heteroatoms. The van der Waals surface area contributed by atoms with Gasteiger partial charge in [-0.3, -0.25) is 9.59 Å². The molecule has 172 valence electrons. The normalized spacial score (nSPS) is 19.2. The van der Waals surface area contributed by atoms with E-state index in [9.17, 15) is 19.8 Å². The molecule has 0 heterocycles. The number of esters is 2. The van der Waals surface area contributed by atoms with Crippen LogP contribution in [0.2, 0.25) is 0 Å². The molecule has 3 atom stereocenters. The third-order valence-electron chi connectivity index (χ3n) is 5.73. The van der Waals surface area contributed by atoms with Gasteiger partial charge in [0, 0.05) is 11.8 Å². The van der Waals surface area contributed by atoms with Crippen LogP contribution in [0.15, 0.2) is 30.3 Å². The van der Waals surface area contributed by atoms with Gasteiger partial charge in [-0.15, -0.1) is 0 Å². The molecule has 0 unspecified atom stereocenters. The van der Waals surface area contributed by atoms with Crippen LogP contribution >= 0.6 is 0 Å². The number of phenols is 2. The number of aromatic hydroxyl groups is 2. The van der Waals surface area contributed by atoms with E-state index in [2.05, 4.69) is 0 Å². The second kappa shape index (κ2) is 9.80. The van der Waals surface area contributed by atoms with Gasteiger partial charge in [0.15, 0.2) is 23.0 Å². The summed E-state index contributed by atoms with van der Waals surface area (Å²) < 4.78 is 21.1. The Balaban J connectivity index is 2.22. The number of carbonyl (C=O) groups excluding carboxylic acids is 2. The van der Waals surface area contributed by atoms with Crippen LogP contribution in [0.3, 0.4) is 0 Å². The third-order valence-corrected chi connectivity index (χ3v) is 5.73. The van der Waals surface area contributed by atoms with Gasteiger partial charge in [0.1, 0.15) is 0 Å². The number of hydrogen-bond acceptors (Lipinski definition) is 8. The van der Waals surface area contributed by atoms with Crippen LogP contribution in [0, 0.1) is 5.92 Å². The Morgan fingerprint density at radius 2 is 1.53 bits per heavy atom. The molecule has 2 aromatic rings. The molecule has 0 spiro atoms. The van der Waals surface area contributed by atoms with Crippen LogP contribution in [0.4, 0.5) is 0 Å². The highest BCUT2D eigenvalue weighted by Gasteiger charge is 2.48. The van der Waals surface area contributed by atoms with E-state index in [1.54, 1.807) is 38.1 Å². The van der Waals surface area contributed by atoms with E-state index in [0.717, 1.165) is 0 Å². The highest BCUT2D eigenvalue weighted by Crippen LogP contribution is 2.54. The van der Waals surface area contributed by atoms with Crippen LogP contribution in [0.25, 0.3) is 0 Å². The Hall–Kier alpha value is -3.42. The van der Waals surface area contributed by atoms with Gasteiger partial charge in [-0.05, 0) is 54.8 Å². The minimum absolute atomic E-state index is 0.0377. The molecular weight excluding hydrogens is 416 g/mol. The molecule has 8 nitrogen and oxygen atoms in total. The Morgan fingerprint density at radius 1 is 0.875 bits per heavy atom. The standard InChI is InChI=1S/C24H28O8/c1-5-31-21(27)12-16-14-11-20(30-4)18(26)10-15(14)22(23(16)24(28)32-6-2)13-7-8-17(25)19(9-13)29-3/h7-11,16,22-23,25-26H,5-6,12H2,1-4H3/t16-,22+,23-/m1/s1. The predicted molar refractivity (Wildman–Crippen MR) is 115 cm³/mol. The van der Waals surface area contributed by atoms with E-state index in [4.69, 9.17) is 18.9 Å². The van der Waals surface area contributed by atoms with Gasteiger partial charge in [-0.1, -0.05) is 6.07 Å². The van der Waals surface area contributed by atoms with Gasteiger partial charge in [0.25, 0.3) is 0 Å². The number of phenolic OH excluding ortho intramolecular Hbond substituents is 2. The first-order chi connectivity index (χ1) is 15.4. The quantitative estimate of drug-likeness (QED) is 0.596. The van der Waals surface area contributed by atoms with E-state index in [1.165, 1.54) is 20.3 Å². The summed E-state index contributed by atoms with van der Waals surface area (Å²) in [6, 6.07) is 8.02. The lowest BCUT2D eigenvalue weighted by Crippen LogP contribution is -2.27. The molecule has 3 rings (SSSR count). The fourth-order valence-electron chi connectivity index (χ4n) is 4.42. The van der Waals surface area contributed by atoms with Gasteiger partial charge < -0.3 is 29.2 Å². The molecule has 0 fully saturated rings. The molecule has 0 bridgehead atoms. The Kier molecular flexibility index (Phi) is 7.12. The van der Waals surface area contributed by atoms with Crippen molar-refractivity contribution in [3.63, 3.8) is 0 Å². The lowest BCUT2D eigenvalue weighted by molar-refractivity contribution is -0.150. The van der Waals surface area contributed by atoms with Crippen LogP contribution < -0.4 is 9.47 Å². The van der Waals surface area contributed by atoms with Crippen molar-refractivity contribution in [2.75, 3.05) is 27.4 Å². The van der Waals surface area contributed by atoms with Crippen LogP contribution in [-0.2, 0) is 19.1 Å². The summed E-state index contributed by atoms with van der Waals surface area (Å²) in [6.45, 7) is 3.83. The Labute approximate surface area is 186 Å². The van der Waals surface area contributed by atoms with Crippen molar-refractivity contribution in [2.45, 2.75) is 32.1 Å². The van der Waals surface area contributed by atoms with Gasteiger partial charge in [0.05, 0.1) is 39.8 Å². The fourth-order valence-corrected chi connectivity index (χ4v) is 4.42. The molecule has 2 aromatic carbocycles. The molecule has 0 amide bonds. The van der Waals surface area contributed by atoms with Gasteiger partial charge in [0.2, 0.25) is 0 Å². The van der Waals surface area contributed by atoms with E-state index < -0.39 is 29.7 Å². The summed E-state index contributed by atoms with van der Waals surface area (Å²) in [5.74, 6) is -2.39. The summed E-state index contributed by atoms with van der Waals surface area (Å²) >= 11 is 0. The van der Waals surface area contributed by atoms with Gasteiger partial charge >= 0.3 is 11.9 Å². The molecule has 0 radical (unpaired) electrons. The molecular formula is C24H28O8. The Morgan fingerprint density at radius 3 is 2.16 bits per heavy atom. The topological polar surface area (TPSA) is 112 Å². The first kappa shape index (κ1) is 23.2. The summed E-state index contributed by atoms with van der Waals surface area (Å²) in [4.78, 5) is 25.6. The number of methoxy groups -OCH3 is 2. The smallest absolute Gasteiger partial charge is 0.310 e. The third kappa shape index (κ3) is 4.30. The zero-order valence-corrected chi connectivity index (χ0v) is 18.6. The zero-order valence-electron chi connectivity index (χ0n) is 18.6. The van der Waals surface area contributed by atoms with Crippen LogP contribution in [0.5, 0.6) is 23.0 Å². The lowest BCUT2D eigenvalue weighted by Gasteiger charge is -2.24. The summed E-state index contributed by atoms with van der Waals surface area (Å²) in [5, 5.41) is 20.5. The van der Waals surface area contributed by atoms with Crippen LogP contribution in [-0.4, -0.2) is 49.6 Å². The van der Waals surface area contributed by atoms with E-state index >= 15 is 0 Å². The number of ether oxygens (including phenoxy) is 4. The highest BCUT2D eigenvalue weighted by molar-refractivity contribution is 5.81. The average molecular weight is 444 g/mol. The molecule has 1 aliphatic rings. The van der Waals surface area contributed by atoms with Crippen molar-refractivity contribution in [3.05, 3.63) is 47.0 Å². The maximum atomic E-state index is 13.2. The number of rotatable bonds is 8. The molecule has 1 aliphatic carbocycles. The van der Waals surface area contributed by atoms with Crippen LogP contribution in [0.1, 0.15) is 48.8 Å². The number of benzene rings is 2. The molecule has 0 aliphatic heterocycles. The minimum atomic E-state index is -0.755. The van der Waals surface area contributed by atoms with Crippen molar-refractivity contribution >= 4 is 11.9 Å². The van der Waals surface area contributed by atoms with Crippen molar-refractivity contribution in [1.82, 2.24) is 0 Å². The van der Waals surface area contributed by atoms with Gasteiger partial charge in [-0.25, -0.2) is 0 Å². The predicted octanol–water partition coefficient (Wildman–Crippen LogP) is 3.48. The first-order valence-electron chi connectivity index (χ1n) is 10.5. The monoisotopic (exact) mass is 444 g/mol.